The summed E-state index contributed by atoms with van der Waals surface area (Å²) in [6.07, 6.45) is 1.39. The molecule has 0 fully saturated rings. The summed E-state index contributed by atoms with van der Waals surface area (Å²) in [4.78, 5) is 35.6. The van der Waals surface area contributed by atoms with E-state index in [1.54, 1.807) is 19.3 Å². The second-order valence-corrected chi connectivity index (χ2v) is 7.16. The number of hydrogen-bond acceptors (Lipinski definition) is 5. The first kappa shape index (κ1) is 19.4. The highest BCUT2D eigenvalue weighted by Crippen LogP contribution is 2.34. The molecule has 0 radical (unpaired) electrons. The number of fused-ring (bicyclic) bond motifs is 2. The van der Waals surface area contributed by atoms with Gasteiger partial charge < -0.3 is 19.3 Å². The molecule has 1 atom stereocenters. The highest BCUT2D eigenvalue weighted by molar-refractivity contribution is 6.02. The number of aryl methyl sites for hydroxylation is 1. The normalized spacial score (nSPS) is 12.2. The number of nitrogens with one attached hydrogen (secondary N) is 1. The third-order valence-corrected chi connectivity index (χ3v) is 5.15. The number of aliphatic carboxylic acids is 1. The third-order valence-electron chi connectivity index (χ3n) is 5.15. The maximum absolute atomic E-state index is 12.5. The molecule has 2 aromatic carbocycles. The van der Waals surface area contributed by atoms with Crippen molar-refractivity contribution in [3.63, 3.8) is 0 Å². The second-order valence-electron chi connectivity index (χ2n) is 7.16. The Hall–Kier alpha value is -3.87. The van der Waals surface area contributed by atoms with E-state index >= 15 is 0 Å². The fourth-order valence-electron chi connectivity index (χ4n) is 3.47. The molecule has 0 aliphatic heterocycles. The van der Waals surface area contributed by atoms with Crippen LogP contribution in [0.25, 0.3) is 33.1 Å². The Morgan fingerprint density at radius 1 is 1.10 bits per heavy atom. The van der Waals surface area contributed by atoms with E-state index in [9.17, 15) is 14.4 Å². The lowest BCUT2D eigenvalue weighted by molar-refractivity contribution is -0.141. The molecule has 1 amide bonds. The summed E-state index contributed by atoms with van der Waals surface area (Å²) >= 11 is 0. The summed E-state index contributed by atoms with van der Waals surface area (Å²) in [6, 6.07) is 12.3. The lowest BCUT2D eigenvalue weighted by atomic mass is 9.99. The van der Waals surface area contributed by atoms with Crippen molar-refractivity contribution in [2.45, 2.75) is 26.3 Å². The number of carboxylic acid groups (broad SMARTS) is 1. The summed E-state index contributed by atoms with van der Waals surface area (Å²) < 4.78 is 11.1. The Morgan fingerprint density at radius 3 is 2.53 bits per heavy atom. The Kier molecular flexibility index (Phi) is 4.87. The maximum atomic E-state index is 12.5. The van der Waals surface area contributed by atoms with Crippen molar-refractivity contribution in [1.82, 2.24) is 5.32 Å². The minimum atomic E-state index is -1.15. The maximum Gasteiger partial charge on any atom is 0.340 e. The van der Waals surface area contributed by atoms with E-state index in [-0.39, 0.29) is 12.0 Å². The molecule has 152 valence electrons. The average molecular weight is 405 g/mol. The van der Waals surface area contributed by atoms with Gasteiger partial charge in [0.15, 0.2) is 0 Å². The number of hydrogen-bond donors (Lipinski definition) is 2. The molecular weight excluding hydrogens is 386 g/mol. The molecule has 4 rings (SSSR count). The van der Waals surface area contributed by atoms with Crippen LogP contribution >= 0.6 is 0 Å². The number of amides is 1. The molecular formula is C23H19NO6. The number of carbonyl (C=O) groups is 2. The van der Waals surface area contributed by atoms with E-state index in [0.29, 0.717) is 22.1 Å². The molecule has 0 aliphatic carbocycles. The Labute approximate surface area is 170 Å². The van der Waals surface area contributed by atoms with Gasteiger partial charge in [0.2, 0.25) is 5.91 Å². The van der Waals surface area contributed by atoms with Crippen LogP contribution in [0.1, 0.15) is 18.1 Å². The molecule has 0 spiro atoms. The molecule has 2 N–H and O–H groups in total. The van der Waals surface area contributed by atoms with Gasteiger partial charge in [0.25, 0.3) is 0 Å². The van der Waals surface area contributed by atoms with Gasteiger partial charge in [-0.25, -0.2) is 4.79 Å². The Morgan fingerprint density at radius 2 is 1.83 bits per heavy atom. The second kappa shape index (κ2) is 7.51. The minimum absolute atomic E-state index is 0.196. The lowest BCUT2D eigenvalue weighted by Crippen LogP contribution is -2.39. The molecule has 2 aromatic heterocycles. The molecule has 0 saturated carbocycles. The predicted molar refractivity (Wildman–Crippen MR) is 111 cm³/mol. The largest absolute Gasteiger partial charge is 0.480 e. The first-order valence-corrected chi connectivity index (χ1v) is 9.40. The SMILES string of the molecule is Cc1c(CC(=O)N[C@H](C)C(=O)O)c(=O)oc2cc3occ(-c4ccccc4)c3cc12. The number of rotatable bonds is 5. The van der Waals surface area contributed by atoms with Crippen molar-refractivity contribution in [1.29, 1.82) is 0 Å². The van der Waals surface area contributed by atoms with Crippen molar-refractivity contribution >= 4 is 33.8 Å². The molecule has 0 unspecified atom stereocenters. The smallest absolute Gasteiger partial charge is 0.340 e. The average Bonchev–Trinajstić information content (AvgIpc) is 3.13. The summed E-state index contributed by atoms with van der Waals surface area (Å²) in [6.45, 7) is 3.10. The third kappa shape index (κ3) is 3.45. The number of furan rings is 1. The zero-order chi connectivity index (χ0) is 21.4. The van der Waals surface area contributed by atoms with Crippen LogP contribution in [0.3, 0.4) is 0 Å². The molecule has 7 nitrogen and oxygen atoms in total. The van der Waals surface area contributed by atoms with E-state index in [1.807, 2.05) is 36.4 Å². The molecule has 7 heteroatoms. The molecule has 0 saturated heterocycles. The summed E-state index contributed by atoms with van der Waals surface area (Å²) in [5, 5.41) is 12.8. The van der Waals surface area contributed by atoms with Crippen LogP contribution in [-0.4, -0.2) is 23.0 Å². The monoisotopic (exact) mass is 405 g/mol. The van der Waals surface area contributed by atoms with Crippen molar-refractivity contribution in [2.75, 3.05) is 0 Å². The lowest BCUT2D eigenvalue weighted by Gasteiger charge is -2.11. The van der Waals surface area contributed by atoms with Crippen molar-refractivity contribution in [2.24, 2.45) is 0 Å². The fourth-order valence-corrected chi connectivity index (χ4v) is 3.47. The fraction of sp³-hybridized carbons (Fsp3) is 0.174. The first-order chi connectivity index (χ1) is 14.3. The summed E-state index contributed by atoms with van der Waals surface area (Å²) in [7, 11) is 0. The van der Waals surface area contributed by atoms with Gasteiger partial charge in [-0.3, -0.25) is 9.59 Å². The van der Waals surface area contributed by atoms with Crippen LogP contribution in [0.2, 0.25) is 0 Å². The van der Waals surface area contributed by atoms with Crippen molar-refractivity contribution in [3.05, 3.63) is 70.3 Å². The van der Waals surface area contributed by atoms with Gasteiger partial charge in [0, 0.05) is 22.4 Å². The molecule has 4 aromatic rings. The van der Waals surface area contributed by atoms with E-state index in [2.05, 4.69) is 5.32 Å². The van der Waals surface area contributed by atoms with Crippen molar-refractivity contribution in [3.8, 4) is 11.1 Å². The first-order valence-electron chi connectivity index (χ1n) is 9.40. The van der Waals surface area contributed by atoms with Crippen LogP contribution in [0.4, 0.5) is 0 Å². The number of benzene rings is 2. The highest BCUT2D eigenvalue weighted by atomic mass is 16.4. The van der Waals surface area contributed by atoms with Crippen LogP contribution in [0.5, 0.6) is 0 Å². The Bertz CT molecular complexity index is 1330. The van der Waals surface area contributed by atoms with Crippen LogP contribution in [0.15, 0.2) is 62.4 Å². The van der Waals surface area contributed by atoms with E-state index in [1.165, 1.54) is 6.92 Å². The zero-order valence-electron chi connectivity index (χ0n) is 16.4. The summed E-state index contributed by atoms with van der Waals surface area (Å²) in [5.74, 6) is -1.71. The van der Waals surface area contributed by atoms with Gasteiger partial charge in [-0.1, -0.05) is 30.3 Å². The number of carboxylic acids is 1. The minimum Gasteiger partial charge on any atom is -0.480 e. The highest BCUT2D eigenvalue weighted by Gasteiger charge is 2.20. The van der Waals surface area contributed by atoms with Crippen LogP contribution in [-0.2, 0) is 16.0 Å². The molecule has 0 aliphatic rings. The van der Waals surface area contributed by atoms with Crippen LogP contribution < -0.4 is 10.9 Å². The van der Waals surface area contributed by atoms with Gasteiger partial charge >= 0.3 is 11.6 Å². The standard InChI is InChI=1S/C23H19NO6/c1-12-15-8-17-18(14-6-4-3-5-7-14)11-29-19(17)10-20(15)30-23(28)16(12)9-21(25)24-13(2)22(26)27/h3-8,10-11,13H,9H2,1-2H3,(H,24,25)(H,26,27)/t13-/m1/s1. The van der Waals surface area contributed by atoms with E-state index < -0.39 is 23.5 Å². The molecule has 2 heterocycles. The number of carbonyl (C=O) groups excluding carboxylic acids is 1. The van der Waals surface area contributed by atoms with Gasteiger partial charge in [0.05, 0.1) is 18.2 Å². The quantitative estimate of drug-likeness (QED) is 0.491. The zero-order valence-corrected chi connectivity index (χ0v) is 16.4. The Balaban J connectivity index is 1.80. The van der Waals surface area contributed by atoms with Crippen LogP contribution in [0, 0.1) is 6.92 Å². The van der Waals surface area contributed by atoms with E-state index in [4.69, 9.17) is 13.9 Å². The van der Waals surface area contributed by atoms with Gasteiger partial charge in [-0.05, 0) is 31.0 Å². The van der Waals surface area contributed by atoms with Gasteiger partial charge in [-0.15, -0.1) is 0 Å². The van der Waals surface area contributed by atoms with E-state index in [0.717, 1.165) is 16.5 Å². The predicted octanol–water partition coefficient (Wildman–Crippen LogP) is 3.65. The summed E-state index contributed by atoms with van der Waals surface area (Å²) in [5.41, 5.74) is 3.03. The van der Waals surface area contributed by atoms with Crippen molar-refractivity contribution < 1.29 is 23.5 Å². The molecule has 30 heavy (non-hydrogen) atoms. The molecule has 0 bridgehead atoms. The van der Waals surface area contributed by atoms with Gasteiger partial charge in [-0.2, -0.15) is 0 Å². The van der Waals surface area contributed by atoms with Gasteiger partial charge in [0.1, 0.15) is 17.2 Å². The topological polar surface area (TPSA) is 110 Å².